The number of nitrogens with zero attached hydrogens (tertiary/aromatic N) is 3. The summed E-state index contributed by atoms with van der Waals surface area (Å²) in [6.07, 6.45) is 0. The zero-order chi connectivity index (χ0) is 11.7. The molecule has 16 heavy (non-hydrogen) atoms. The average Bonchev–Trinajstić information content (AvgIpc) is 2.60. The van der Waals surface area contributed by atoms with Crippen molar-refractivity contribution in [2.24, 2.45) is 0 Å². The summed E-state index contributed by atoms with van der Waals surface area (Å²) in [6.45, 7) is 3.96. The third-order valence-corrected chi connectivity index (χ3v) is 2.33. The van der Waals surface area contributed by atoms with Gasteiger partial charge in [0.1, 0.15) is 11.5 Å². The molecule has 0 unspecified atom stereocenters. The van der Waals surface area contributed by atoms with E-state index in [0.29, 0.717) is 11.5 Å². The highest BCUT2D eigenvalue weighted by Gasteiger charge is 2.13. The van der Waals surface area contributed by atoms with E-state index in [9.17, 15) is 4.39 Å². The fourth-order valence-corrected chi connectivity index (χ4v) is 1.51. The second-order valence-corrected chi connectivity index (χ2v) is 3.91. The Hall–Kier alpha value is -1.91. The lowest BCUT2D eigenvalue weighted by Gasteiger charge is -2.04. The van der Waals surface area contributed by atoms with E-state index < -0.39 is 0 Å². The maximum Gasteiger partial charge on any atom is 0.151 e. The van der Waals surface area contributed by atoms with E-state index in [4.69, 9.17) is 5.73 Å². The molecular weight excluding hydrogens is 207 g/mol. The molecule has 0 aliphatic carbocycles. The molecule has 0 radical (unpaired) electrons. The van der Waals surface area contributed by atoms with Crippen LogP contribution in [0.4, 0.5) is 10.2 Å². The van der Waals surface area contributed by atoms with Crippen LogP contribution in [0.5, 0.6) is 0 Å². The molecule has 0 saturated heterocycles. The van der Waals surface area contributed by atoms with Crippen LogP contribution in [-0.4, -0.2) is 15.0 Å². The van der Waals surface area contributed by atoms with Crippen molar-refractivity contribution in [1.29, 1.82) is 0 Å². The van der Waals surface area contributed by atoms with Gasteiger partial charge in [-0.2, -0.15) is 4.68 Å². The largest absolute Gasteiger partial charge is 0.382 e. The third kappa shape index (κ3) is 1.76. The number of hydrogen-bond donors (Lipinski definition) is 1. The molecular formula is C11H13FN4. The molecule has 4 nitrogen and oxygen atoms in total. The summed E-state index contributed by atoms with van der Waals surface area (Å²) < 4.78 is 14.5. The Kier molecular flexibility index (Phi) is 2.60. The summed E-state index contributed by atoms with van der Waals surface area (Å²) in [5.74, 6) is 0.335. The van der Waals surface area contributed by atoms with Gasteiger partial charge in [0.2, 0.25) is 0 Å². The molecule has 5 heteroatoms. The fraction of sp³-hybridized carbons (Fsp3) is 0.273. The maximum atomic E-state index is 13.0. The highest BCUT2D eigenvalue weighted by Crippen LogP contribution is 2.21. The van der Waals surface area contributed by atoms with Gasteiger partial charge in [0.05, 0.1) is 5.69 Å². The molecule has 2 rings (SSSR count). The van der Waals surface area contributed by atoms with E-state index in [1.54, 1.807) is 12.1 Å². The number of halogens is 1. The van der Waals surface area contributed by atoms with Crippen LogP contribution in [0.15, 0.2) is 24.3 Å². The minimum Gasteiger partial charge on any atom is -0.382 e. The zero-order valence-corrected chi connectivity index (χ0v) is 9.18. The SMILES string of the molecule is CC(C)c1nnn(-c2cccc(F)c2)c1N. The van der Waals surface area contributed by atoms with Crippen LogP contribution in [-0.2, 0) is 0 Å². The second-order valence-electron chi connectivity index (χ2n) is 3.91. The summed E-state index contributed by atoms with van der Waals surface area (Å²) in [5.41, 5.74) is 7.21. The monoisotopic (exact) mass is 220 g/mol. The van der Waals surface area contributed by atoms with Crippen molar-refractivity contribution in [3.8, 4) is 5.69 Å². The molecule has 0 spiro atoms. The first-order valence-electron chi connectivity index (χ1n) is 5.06. The molecule has 0 amide bonds. The fourth-order valence-electron chi connectivity index (χ4n) is 1.51. The number of aromatic nitrogens is 3. The Morgan fingerprint density at radius 2 is 2.12 bits per heavy atom. The van der Waals surface area contributed by atoms with Crippen LogP contribution in [0.1, 0.15) is 25.5 Å². The van der Waals surface area contributed by atoms with Gasteiger partial charge in [-0.3, -0.25) is 0 Å². The van der Waals surface area contributed by atoms with Crippen LogP contribution in [0.3, 0.4) is 0 Å². The van der Waals surface area contributed by atoms with E-state index in [2.05, 4.69) is 10.3 Å². The van der Waals surface area contributed by atoms with Crippen molar-refractivity contribution in [1.82, 2.24) is 15.0 Å². The maximum absolute atomic E-state index is 13.0. The second kappa shape index (κ2) is 3.92. The van der Waals surface area contributed by atoms with Crippen LogP contribution in [0.2, 0.25) is 0 Å². The van der Waals surface area contributed by atoms with E-state index >= 15 is 0 Å². The lowest BCUT2D eigenvalue weighted by molar-refractivity contribution is 0.625. The van der Waals surface area contributed by atoms with Crippen molar-refractivity contribution < 1.29 is 4.39 Å². The van der Waals surface area contributed by atoms with Crippen LogP contribution >= 0.6 is 0 Å². The molecule has 1 aromatic heterocycles. The van der Waals surface area contributed by atoms with Crippen molar-refractivity contribution in [3.05, 3.63) is 35.8 Å². The summed E-state index contributed by atoms with van der Waals surface area (Å²) in [6, 6.07) is 6.09. The lowest BCUT2D eigenvalue weighted by atomic mass is 10.1. The molecule has 84 valence electrons. The van der Waals surface area contributed by atoms with E-state index in [1.807, 2.05) is 13.8 Å². The molecule has 0 fully saturated rings. The summed E-state index contributed by atoms with van der Waals surface area (Å²) in [4.78, 5) is 0. The van der Waals surface area contributed by atoms with Crippen LogP contribution < -0.4 is 5.73 Å². The van der Waals surface area contributed by atoms with Gasteiger partial charge < -0.3 is 5.73 Å². The molecule has 0 aliphatic heterocycles. The Morgan fingerprint density at radius 3 is 2.69 bits per heavy atom. The van der Waals surface area contributed by atoms with Gasteiger partial charge in [0, 0.05) is 5.92 Å². The predicted octanol–water partition coefficient (Wildman–Crippen LogP) is 2.11. The van der Waals surface area contributed by atoms with Gasteiger partial charge >= 0.3 is 0 Å². The average molecular weight is 220 g/mol. The van der Waals surface area contributed by atoms with Gasteiger partial charge in [-0.1, -0.05) is 25.1 Å². The van der Waals surface area contributed by atoms with E-state index in [1.165, 1.54) is 16.8 Å². The minimum absolute atomic E-state index is 0.197. The number of rotatable bonds is 2. The summed E-state index contributed by atoms with van der Waals surface area (Å²) in [7, 11) is 0. The quantitative estimate of drug-likeness (QED) is 0.843. The Labute approximate surface area is 92.9 Å². The number of nitrogen functional groups attached to an aromatic ring is 1. The molecule has 0 atom stereocenters. The molecule has 1 heterocycles. The Morgan fingerprint density at radius 1 is 1.38 bits per heavy atom. The van der Waals surface area contributed by atoms with Crippen molar-refractivity contribution in [2.75, 3.05) is 5.73 Å². The Bertz CT molecular complexity index is 504. The highest BCUT2D eigenvalue weighted by molar-refractivity contribution is 5.45. The standard InChI is InChI=1S/C11H13FN4/c1-7(2)10-11(13)16(15-14-10)9-5-3-4-8(12)6-9/h3-7H,13H2,1-2H3. The van der Waals surface area contributed by atoms with Gasteiger partial charge in [0.25, 0.3) is 0 Å². The van der Waals surface area contributed by atoms with Gasteiger partial charge in [-0.25, -0.2) is 4.39 Å². The first-order valence-corrected chi connectivity index (χ1v) is 5.06. The Balaban J connectivity index is 2.49. The molecule has 0 saturated carbocycles. The number of hydrogen-bond acceptors (Lipinski definition) is 3. The third-order valence-electron chi connectivity index (χ3n) is 2.33. The minimum atomic E-state index is -0.321. The molecule has 0 bridgehead atoms. The number of anilines is 1. The van der Waals surface area contributed by atoms with Crippen LogP contribution in [0, 0.1) is 5.82 Å². The first kappa shape index (κ1) is 10.6. The summed E-state index contributed by atoms with van der Waals surface area (Å²) >= 11 is 0. The molecule has 0 aliphatic rings. The van der Waals surface area contributed by atoms with Crippen molar-refractivity contribution >= 4 is 5.82 Å². The highest BCUT2D eigenvalue weighted by atomic mass is 19.1. The molecule has 2 N–H and O–H groups in total. The number of nitrogens with two attached hydrogens (primary N) is 1. The lowest BCUT2D eigenvalue weighted by Crippen LogP contribution is -2.03. The topological polar surface area (TPSA) is 56.7 Å². The van der Waals surface area contributed by atoms with Crippen molar-refractivity contribution in [3.63, 3.8) is 0 Å². The predicted molar refractivity (Wildman–Crippen MR) is 59.8 cm³/mol. The normalized spacial score (nSPS) is 11.0. The molecule has 1 aromatic carbocycles. The van der Waals surface area contributed by atoms with Gasteiger partial charge in [-0.15, -0.1) is 5.10 Å². The zero-order valence-electron chi connectivity index (χ0n) is 9.18. The van der Waals surface area contributed by atoms with Crippen molar-refractivity contribution in [2.45, 2.75) is 19.8 Å². The summed E-state index contributed by atoms with van der Waals surface area (Å²) in [5, 5.41) is 7.91. The van der Waals surface area contributed by atoms with Crippen LogP contribution in [0.25, 0.3) is 5.69 Å². The van der Waals surface area contributed by atoms with Gasteiger partial charge in [0.15, 0.2) is 5.82 Å². The van der Waals surface area contributed by atoms with E-state index in [-0.39, 0.29) is 11.7 Å². The van der Waals surface area contributed by atoms with Gasteiger partial charge in [-0.05, 0) is 18.2 Å². The smallest absolute Gasteiger partial charge is 0.151 e. The number of benzene rings is 1. The van der Waals surface area contributed by atoms with E-state index in [0.717, 1.165) is 5.69 Å². The molecule has 2 aromatic rings. The first-order chi connectivity index (χ1) is 7.59.